The van der Waals surface area contributed by atoms with Crippen LogP contribution in [0.2, 0.25) is 0 Å². The second-order valence-corrected chi connectivity index (χ2v) is 5.19. The van der Waals surface area contributed by atoms with Crippen molar-refractivity contribution in [2.75, 3.05) is 7.11 Å². The van der Waals surface area contributed by atoms with E-state index in [1.807, 2.05) is 55.5 Å². The summed E-state index contributed by atoms with van der Waals surface area (Å²) in [7, 11) is 1.60. The maximum absolute atomic E-state index is 11.3. The van der Waals surface area contributed by atoms with E-state index < -0.39 is 5.97 Å². The van der Waals surface area contributed by atoms with E-state index in [-0.39, 0.29) is 5.69 Å². The van der Waals surface area contributed by atoms with Gasteiger partial charge in [0.1, 0.15) is 11.6 Å². The highest BCUT2D eigenvalue weighted by molar-refractivity contribution is 5.86. The summed E-state index contributed by atoms with van der Waals surface area (Å²) in [5, 5.41) is 9.25. The van der Waals surface area contributed by atoms with Gasteiger partial charge in [0, 0.05) is 17.4 Å². The van der Waals surface area contributed by atoms with E-state index >= 15 is 0 Å². The molecule has 0 saturated heterocycles. The molecule has 0 radical (unpaired) electrons. The van der Waals surface area contributed by atoms with Gasteiger partial charge in [-0.15, -0.1) is 0 Å². The molecule has 3 rings (SSSR count). The van der Waals surface area contributed by atoms with Crippen molar-refractivity contribution in [2.24, 2.45) is 0 Å². The maximum atomic E-state index is 11.3. The van der Waals surface area contributed by atoms with Gasteiger partial charge in [-0.3, -0.25) is 4.57 Å². The smallest absolute Gasteiger partial charge is 0.356 e. The molecule has 23 heavy (non-hydrogen) atoms. The Balaban J connectivity index is 2.13. The van der Waals surface area contributed by atoms with Crippen molar-refractivity contribution < 1.29 is 14.6 Å². The van der Waals surface area contributed by atoms with E-state index in [9.17, 15) is 9.90 Å². The van der Waals surface area contributed by atoms with Crippen molar-refractivity contribution in [1.82, 2.24) is 9.55 Å². The Kier molecular flexibility index (Phi) is 3.85. The minimum Gasteiger partial charge on any atom is -0.497 e. The van der Waals surface area contributed by atoms with Crippen LogP contribution in [0.15, 0.2) is 54.7 Å². The lowest BCUT2D eigenvalue weighted by molar-refractivity contribution is 0.0691. The molecule has 0 bridgehead atoms. The van der Waals surface area contributed by atoms with Crippen LogP contribution < -0.4 is 4.74 Å². The van der Waals surface area contributed by atoms with Crippen molar-refractivity contribution in [2.45, 2.75) is 6.92 Å². The highest BCUT2D eigenvalue weighted by Crippen LogP contribution is 2.25. The van der Waals surface area contributed by atoms with Crippen LogP contribution in [-0.2, 0) is 0 Å². The van der Waals surface area contributed by atoms with E-state index in [4.69, 9.17) is 4.74 Å². The minimum atomic E-state index is -1.05. The summed E-state index contributed by atoms with van der Waals surface area (Å²) >= 11 is 0. The highest BCUT2D eigenvalue weighted by Gasteiger charge is 2.15. The Morgan fingerprint density at radius 1 is 1.09 bits per heavy atom. The molecule has 1 heterocycles. The van der Waals surface area contributed by atoms with Crippen molar-refractivity contribution in [1.29, 1.82) is 0 Å². The Morgan fingerprint density at radius 2 is 1.74 bits per heavy atom. The zero-order chi connectivity index (χ0) is 16.4. The molecule has 116 valence electrons. The van der Waals surface area contributed by atoms with Gasteiger partial charge in [0.25, 0.3) is 0 Å². The largest absolute Gasteiger partial charge is 0.497 e. The topological polar surface area (TPSA) is 64.3 Å². The molecule has 1 N–H and O–H groups in total. The molecule has 5 heteroatoms. The first kappa shape index (κ1) is 14.8. The van der Waals surface area contributed by atoms with Crippen LogP contribution in [-0.4, -0.2) is 27.7 Å². The third-order valence-corrected chi connectivity index (χ3v) is 3.59. The quantitative estimate of drug-likeness (QED) is 0.800. The third-order valence-electron chi connectivity index (χ3n) is 3.59. The van der Waals surface area contributed by atoms with E-state index in [0.29, 0.717) is 5.82 Å². The second-order valence-electron chi connectivity index (χ2n) is 5.19. The first-order valence-electron chi connectivity index (χ1n) is 7.12. The number of carbonyl (C=O) groups is 1. The molecule has 0 aliphatic rings. The number of ether oxygens (including phenoxy) is 1. The van der Waals surface area contributed by atoms with E-state index in [1.54, 1.807) is 11.7 Å². The molecule has 3 aromatic rings. The van der Waals surface area contributed by atoms with Crippen molar-refractivity contribution in [3.8, 4) is 22.8 Å². The summed E-state index contributed by atoms with van der Waals surface area (Å²) in [5.74, 6) is 0.280. The van der Waals surface area contributed by atoms with Crippen molar-refractivity contribution >= 4 is 5.97 Å². The maximum Gasteiger partial charge on any atom is 0.356 e. The number of aromatic carboxylic acids is 1. The molecule has 0 amide bonds. The predicted molar refractivity (Wildman–Crippen MR) is 87.2 cm³/mol. The van der Waals surface area contributed by atoms with Crippen LogP contribution in [0.25, 0.3) is 17.1 Å². The molecule has 0 aliphatic heterocycles. The van der Waals surface area contributed by atoms with Gasteiger partial charge in [-0.1, -0.05) is 29.8 Å². The third kappa shape index (κ3) is 2.94. The van der Waals surface area contributed by atoms with Crippen LogP contribution in [0.1, 0.15) is 16.1 Å². The van der Waals surface area contributed by atoms with Gasteiger partial charge < -0.3 is 9.84 Å². The van der Waals surface area contributed by atoms with Gasteiger partial charge in [0.2, 0.25) is 0 Å². The lowest BCUT2D eigenvalue weighted by Crippen LogP contribution is -1.96. The fraction of sp³-hybridized carbons (Fsp3) is 0.111. The Bertz CT molecular complexity index is 834. The van der Waals surface area contributed by atoms with E-state index in [2.05, 4.69) is 4.98 Å². The predicted octanol–water partition coefficient (Wildman–Crippen LogP) is 3.55. The average molecular weight is 308 g/mol. The van der Waals surface area contributed by atoms with Gasteiger partial charge in [-0.25, -0.2) is 9.78 Å². The number of methoxy groups -OCH3 is 1. The number of carboxylic acid groups (broad SMARTS) is 1. The minimum absolute atomic E-state index is 0.0105. The number of carboxylic acids is 1. The first-order chi connectivity index (χ1) is 11.1. The molecule has 0 spiro atoms. The standard InChI is InChI=1S/C18H16N2O3/c1-12-3-5-13(6-4-12)17-19-16(18(21)22)11-20(17)14-7-9-15(23-2)10-8-14/h3-11H,1-2H3,(H,21,22). The lowest BCUT2D eigenvalue weighted by Gasteiger charge is -2.09. The number of nitrogens with zero attached hydrogens (tertiary/aromatic N) is 2. The molecule has 0 unspecified atom stereocenters. The first-order valence-corrected chi connectivity index (χ1v) is 7.12. The number of hydrogen-bond acceptors (Lipinski definition) is 3. The number of rotatable bonds is 4. The highest BCUT2D eigenvalue weighted by atomic mass is 16.5. The van der Waals surface area contributed by atoms with Crippen LogP contribution in [0.3, 0.4) is 0 Å². The molecule has 0 fully saturated rings. The zero-order valence-corrected chi connectivity index (χ0v) is 12.9. The number of hydrogen-bond donors (Lipinski definition) is 1. The Labute approximate surface area is 133 Å². The molecular weight excluding hydrogens is 292 g/mol. The molecule has 5 nitrogen and oxygen atoms in total. The van der Waals surface area contributed by atoms with Gasteiger partial charge in [0.15, 0.2) is 5.69 Å². The second kappa shape index (κ2) is 5.96. The van der Waals surface area contributed by atoms with Crippen LogP contribution in [0.4, 0.5) is 0 Å². The monoisotopic (exact) mass is 308 g/mol. The summed E-state index contributed by atoms with van der Waals surface area (Å²) in [6, 6.07) is 15.2. The van der Waals surface area contributed by atoms with Gasteiger partial charge in [-0.05, 0) is 31.2 Å². The number of aryl methyl sites for hydroxylation is 1. The SMILES string of the molecule is COc1ccc(-n2cc(C(=O)O)nc2-c2ccc(C)cc2)cc1. The molecule has 0 atom stereocenters. The molecule has 0 aliphatic carbocycles. The molecular formula is C18H16N2O3. The van der Waals surface area contributed by atoms with Gasteiger partial charge in [-0.2, -0.15) is 0 Å². The summed E-state index contributed by atoms with van der Waals surface area (Å²) < 4.78 is 6.93. The Hall–Kier alpha value is -3.08. The number of imidazole rings is 1. The fourth-order valence-corrected chi connectivity index (χ4v) is 2.33. The van der Waals surface area contributed by atoms with Gasteiger partial charge >= 0.3 is 5.97 Å². The van der Waals surface area contributed by atoms with Gasteiger partial charge in [0.05, 0.1) is 7.11 Å². The van der Waals surface area contributed by atoms with E-state index in [1.165, 1.54) is 6.20 Å². The molecule has 1 aromatic heterocycles. The summed E-state index contributed by atoms with van der Waals surface area (Å²) in [4.78, 5) is 15.5. The number of benzene rings is 2. The fourth-order valence-electron chi connectivity index (χ4n) is 2.33. The van der Waals surface area contributed by atoms with Crippen molar-refractivity contribution in [3.63, 3.8) is 0 Å². The van der Waals surface area contributed by atoms with Crippen LogP contribution >= 0.6 is 0 Å². The normalized spacial score (nSPS) is 10.5. The summed E-state index contributed by atoms with van der Waals surface area (Å²) in [6.07, 6.45) is 1.53. The van der Waals surface area contributed by atoms with Crippen LogP contribution in [0.5, 0.6) is 5.75 Å². The van der Waals surface area contributed by atoms with E-state index in [0.717, 1.165) is 22.6 Å². The van der Waals surface area contributed by atoms with Crippen LogP contribution in [0, 0.1) is 6.92 Å². The average Bonchev–Trinajstić information content (AvgIpc) is 3.01. The summed E-state index contributed by atoms with van der Waals surface area (Å²) in [5.41, 5.74) is 2.83. The Morgan fingerprint density at radius 3 is 2.30 bits per heavy atom. The number of aromatic nitrogens is 2. The molecule has 0 saturated carbocycles. The molecule has 2 aromatic carbocycles. The zero-order valence-electron chi connectivity index (χ0n) is 12.9. The van der Waals surface area contributed by atoms with Crippen molar-refractivity contribution in [3.05, 3.63) is 66.0 Å². The summed E-state index contributed by atoms with van der Waals surface area (Å²) in [6.45, 7) is 2.00. The lowest BCUT2D eigenvalue weighted by atomic mass is 10.1.